The fraction of sp³-hybridized carbons (Fsp3) is 0.444. The lowest BCUT2D eigenvalue weighted by atomic mass is 9.73. The maximum absolute atomic E-state index is 13.7. The summed E-state index contributed by atoms with van der Waals surface area (Å²) in [6.45, 7) is 3.46. The lowest BCUT2D eigenvalue weighted by molar-refractivity contribution is -0.136. The van der Waals surface area contributed by atoms with Crippen LogP contribution in [0.15, 0.2) is 54.6 Å². The summed E-state index contributed by atoms with van der Waals surface area (Å²) in [5.41, 5.74) is 0.699. The fourth-order valence-corrected chi connectivity index (χ4v) is 5.47. The summed E-state index contributed by atoms with van der Waals surface area (Å²) in [7, 11) is 1.54. The van der Waals surface area contributed by atoms with Crippen molar-refractivity contribution in [3.63, 3.8) is 0 Å². The van der Waals surface area contributed by atoms with Gasteiger partial charge in [0.05, 0.1) is 19.1 Å². The summed E-state index contributed by atoms with van der Waals surface area (Å²) < 4.78 is 5.11. The number of carbonyl (C=O) groups is 3. The van der Waals surface area contributed by atoms with Crippen LogP contribution in [0.4, 0.5) is 4.79 Å². The third kappa shape index (κ3) is 5.07. The Bertz CT molecular complexity index is 1070. The summed E-state index contributed by atoms with van der Waals surface area (Å²) in [6, 6.07) is 16.7. The van der Waals surface area contributed by atoms with Gasteiger partial charge in [0.2, 0.25) is 5.91 Å². The molecule has 2 fully saturated rings. The molecule has 8 heteroatoms. The highest BCUT2D eigenvalue weighted by Crippen LogP contribution is 2.38. The molecule has 2 aromatic carbocycles. The number of ether oxygens (including phenoxy) is 1. The number of urea groups is 1. The molecule has 4 rings (SSSR count). The van der Waals surface area contributed by atoms with Crippen LogP contribution in [0, 0.1) is 5.92 Å². The number of hydrogen-bond acceptors (Lipinski definition) is 4. The first-order valence-electron chi connectivity index (χ1n) is 12.1. The Balaban J connectivity index is 1.54. The number of nitrogens with one attached hydrogen (secondary N) is 1. The number of rotatable bonds is 8. The molecule has 4 amide bonds. The van der Waals surface area contributed by atoms with Crippen molar-refractivity contribution in [2.45, 2.75) is 37.6 Å². The van der Waals surface area contributed by atoms with E-state index in [1.807, 2.05) is 60.4 Å². The Hall–Kier alpha value is -2.90. The van der Waals surface area contributed by atoms with Gasteiger partial charge in [-0.3, -0.25) is 14.5 Å². The number of benzene rings is 2. The van der Waals surface area contributed by atoms with Gasteiger partial charge >= 0.3 is 6.03 Å². The molecule has 0 unspecified atom stereocenters. The molecule has 0 radical (unpaired) electrons. The van der Waals surface area contributed by atoms with Crippen molar-refractivity contribution < 1.29 is 19.1 Å². The molecule has 0 aliphatic carbocycles. The molecule has 0 bridgehead atoms. The predicted molar refractivity (Wildman–Crippen MR) is 134 cm³/mol. The van der Waals surface area contributed by atoms with E-state index in [0.717, 1.165) is 11.1 Å². The Labute approximate surface area is 211 Å². The minimum Gasteiger partial charge on any atom is -0.383 e. The van der Waals surface area contributed by atoms with Crippen molar-refractivity contribution in [3.8, 4) is 0 Å². The molecule has 7 nitrogen and oxygen atoms in total. The first kappa shape index (κ1) is 25.2. The summed E-state index contributed by atoms with van der Waals surface area (Å²) in [5.74, 6) is -0.527. The highest BCUT2D eigenvalue weighted by Gasteiger charge is 2.56. The van der Waals surface area contributed by atoms with Gasteiger partial charge in [-0.25, -0.2) is 4.79 Å². The zero-order valence-electron chi connectivity index (χ0n) is 20.2. The molecule has 0 aromatic heterocycles. The first-order valence-corrected chi connectivity index (χ1v) is 12.5. The van der Waals surface area contributed by atoms with Gasteiger partial charge in [0, 0.05) is 31.6 Å². The number of carbonyl (C=O) groups excluding carboxylic acids is 3. The Morgan fingerprint density at radius 1 is 1.11 bits per heavy atom. The minimum atomic E-state index is -1.10. The topological polar surface area (TPSA) is 79.0 Å². The molecule has 1 N–H and O–H groups in total. The van der Waals surface area contributed by atoms with E-state index in [0.29, 0.717) is 37.4 Å². The number of amides is 4. The number of methoxy groups -OCH3 is 1. The third-order valence-electron chi connectivity index (χ3n) is 7.32. The Morgan fingerprint density at radius 3 is 2.43 bits per heavy atom. The van der Waals surface area contributed by atoms with Gasteiger partial charge in [-0.2, -0.15) is 0 Å². The van der Waals surface area contributed by atoms with Gasteiger partial charge in [-0.1, -0.05) is 60.1 Å². The molecule has 2 aliphatic heterocycles. The van der Waals surface area contributed by atoms with E-state index in [1.54, 1.807) is 13.2 Å². The molecule has 0 saturated carbocycles. The lowest BCUT2D eigenvalue weighted by Gasteiger charge is -2.41. The Morgan fingerprint density at radius 2 is 1.77 bits per heavy atom. The van der Waals surface area contributed by atoms with Gasteiger partial charge in [-0.05, 0) is 42.9 Å². The normalized spacial score (nSPS) is 21.8. The largest absolute Gasteiger partial charge is 0.383 e. The predicted octanol–water partition coefficient (Wildman–Crippen LogP) is 3.86. The maximum Gasteiger partial charge on any atom is 0.325 e. The Kier molecular flexibility index (Phi) is 7.77. The average molecular weight is 498 g/mol. The van der Waals surface area contributed by atoms with Crippen molar-refractivity contribution in [1.29, 1.82) is 0 Å². The van der Waals surface area contributed by atoms with Crippen LogP contribution in [0.5, 0.6) is 0 Å². The van der Waals surface area contributed by atoms with Crippen LogP contribution in [0.2, 0.25) is 5.02 Å². The molecule has 0 spiro atoms. The van der Waals surface area contributed by atoms with E-state index < -0.39 is 11.6 Å². The number of halogens is 1. The monoisotopic (exact) mass is 497 g/mol. The van der Waals surface area contributed by atoms with Crippen molar-refractivity contribution in [1.82, 2.24) is 15.1 Å². The molecular formula is C27H32ClN3O4. The van der Waals surface area contributed by atoms with E-state index in [1.165, 1.54) is 4.90 Å². The maximum atomic E-state index is 13.7. The van der Waals surface area contributed by atoms with Gasteiger partial charge in [0.15, 0.2) is 0 Å². The number of nitrogens with zero attached hydrogens (tertiary/aromatic N) is 2. The van der Waals surface area contributed by atoms with Crippen LogP contribution in [0.3, 0.4) is 0 Å². The molecule has 35 heavy (non-hydrogen) atoms. The molecule has 2 heterocycles. The molecule has 2 aliphatic rings. The van der Waals surface area contributed by atoms with E-state index in [4.69, 9.17) is 16.3 Å². The van der Waals surface area contributed by atoms with Gasteiger partial charge in [0.1, 0.15) is 5.54 Å². The second kappa shape index (κ2) is 10.8. The van der Waals surface area contributed by atoms with Gasteiger partial charge < -0.3 is 15.0 Å². The average Bonchev–Trinajstić information content (AvgIpc) is 3.13. The summed E-state index contributed by atoms with van der Waals surface area (Å²) in [6.07, 6.45) is 1.53. The minimum absolute atomic E-state index is 0.0818. The lowest BCUT2D eigenvalue weighted by Crippen LogP contribution is -2.58. The zero-order chi connectivity index (χ0) is 25.0. The number of imide groups is 1. The molecule has 2 atom stereocenters. The number of likely N-dealkylation sites (tertiary alicyclic amines) is 1. The molecular weight excluding hydrogens is 466 g/mol. The van der Waals surface area contributed by atoms with E-state index in [-0.39, 0.29) is 36.8 Å². The van der Waals surface area contributed by atoms with Crippen LogP contribution in [-0.4, -0.2) is 66.5 Å². The standard InChI is InChI=1S/C27H32ClN3O4/c1-19(20-8-4-3-5-9-20)24(32)30-14-12-22(13-15-30)27(18-21-10-6-7-11-23(21)28)25(33)31(16-17-35-2)26(34)29-27/h3-11,19,22H,12-18H2,1-2H3,(H,29,34)/t19-,27+/m1/s1. The van der Waals surface area contributed by atoms with E-state index in [2.05, 4.69) is 5.32 Å². The smallest absolute Gasteiger partial charge is 0.325 e. The summed E-state index contributed by atoms with van der Waals surface area (Å²) >= 11 is 6.45. The fourth-order valence-electron chi connectivity index (χ4n) is 5.26. The highest BCUT2D eigenvalue weighted by atomic mass is 35.5. The quantitative estimate of drug-likeness (QED) is 0.562. The van der Waals surface area contributed by atoms with Crippen molar-refractivity contribution in [2.75, 3.05) is 33.4 Å². The van der Waals surface area contributed by atoms with Crippen molar-refractivity contribution in [2.24, 2.45) is 5.92 Å². The first-order chi connectivity index (χ1) is 16.9. The zero-order valence-corrected chi connectivity index (χ0v) is 21.0. The SMILES string of the molecule is COCCN1C(=O)N[C@@](Cc2ccccc2Cl)(C2CCN(C(=O)[C@H](C)c3ccccc3)CC2)C1=O. The van der Waals surface area contributed by atoms with Crippen LogP contribution in [0.25, 0.3) is 0 Å². The number of hydrogen-bond donors (Lipinski definition) is 1. The van der Waals surface area contributed by atoms with Gasteiger partial charge in [0.25, 0.3) is 5.91 Å². The van der Waals surface area contributed by atoms with Crippen molar-refractivity contribution >= 4 is 29.4 Å². The van der Waals surface area contributed by atoms with E-state index in [9.17, 15) is 14.4 Å². The second-order valence-electron chi connectivity index (χ2n) is 9.35. The second-order valence-corrected chi connectivity index (χ2v) is 9.76. The van der Waals surface area contributed by atoms with E-state index >= 15 is 0 Å². The summed E-state index contributed by atoms with van der Waals surface area (Å²) in [5, 5.41) is 3.60. The van der Waals surface area contributed by atoms with Crippen LogP contribution in [0.1, 0.15) is 36.8 Å². The molecule has 2 saturated heterocycles. The molecule has 186 valence electrons. The van der Waals surface area contributed by atoms with Crippen molar-refractivity contribution in [3.05, 3.63) is 70.7 Å². The summed E-state index contributed by atoms with van der Waals surface area (Å²) in [4.78, 5) is 42.9. The van der Waals surface area contributed by atoms with Crippen LogP contribution in [-0.2, 0) is 20.7 Å². The molecule has 2 aromatic rings. The number of piperidine rings is 1. The van der Waals surface area contributed by atoms with Crippen LogP contribution >= 0.6 is 11.6 Å². The highest BCUT2D eigenvalue weighted by molar-refractivity contribution is 6.31. The third-order valence-corrected chi connectivity index (χ3v) is 7.69. The van der Waals surface area contributed by atoms with Crippen LogP contribution < -0.4 is 5.32 Å². The van der Waals surface area contributed by atoms with Gasteiger partial charge in [-0.15, -0.1) is 0 Å².